The fourth-order valence-electron chi connectivity index (χ4n) is 2.32. The number of benzene rings is 2. The van der Waals surface area contributed by atoms with Gasteiger partial charge >= 0.3 is 0 Å². The molecule has 1 N–H and O–H groups in total. The molecule has 0 saturated carbocycles. The molecule has 0 aliphatic carbocycles. The van der Waals surface area contributed by atoms with Gasteiger partial charge in [0.05, 0.1) is 12.2 Å². The second-order valence-corrected chi connectivity index (χ2v) is 4.81. The third kappa shape index (κ3) is 2.23. The van der Waals surface area contributed by atoms with Crippen LogP contribution in [-0.2, 0) is 0 Å². The van der Waals surface area contributed by atoms with Crippen molar-refractivity contribution in [3.63, 3.8) is 0 Å². The summed E-state index contributed by atoms with van der Waals surface area (Å²) in [7, 11) is 0. The van der Waals surface area contributed by atoms with Gasteiger partial charge in [-0.3, -0.25) is 0 Å². The molecule has 21 heavy (non-hydrogen) atoms. The summed E-state index contributed by atoms with van der Waals surface area (Å²) < 4.78 is 11.3. The lowest BCUT2D eigenvalue weighted by molar-refractivity contribution is 0.163. The van der Waals surface area contributed by atoms with E-state index in [0.717, 1.165) is 17.0 Å². The zero-order chi connectivity index (χ0) is 14.1. The molecule has 5 nitrogen and oxygen atoms in total. The molecule has 0 radical (unpaired) electrons. The summed E-state index contributed by atoms with van der Waals surface area (Å²) in [5.74, 6) is 1.86. The molecule has 2 heterocycles. The van der Waals surface area contributed by atoms with E-state index in [2.05, 4.69) is 15.5 Å². The van der Waals surface area contributed by atoms with Crippen LogP contribution in [0.1, 0.15) is 12.0 Å². The van der Waals surface area contributed by atoms with Crippen LogP contribution in [0.15, 0.2) is 59.1 Å². The summed E-state index contributed by atoms with van der Waals surface area (Å²) in [6.07, 6.45) is -0.273. The summed E-state index contributed by atoms with van der Waals surface area (Å²) in [6, 6.07) is 17.5. The highest BCUT2D eigenvalue weighted by atomic mass is 16.5. The minimum Gasteiger partial charge on any atom is -0.477 e. The fraction of sp³-hybridized carbons (Fsp3) is 0.125. The van der Waals surface area contributed by atoms with Gasteiger partial charge in [0.25, 0.3) is 5.89 Å². The van der Waals surface area contributed by atoms with Crippen LogP contribution in [0.2, 0.25) is 0 Å². The molecule has 0 amide bonds. The predicted octanol–water partition coefficient (Wildman–Crippen LogP) is 3.28. The second-order valence-electron chi connectivity index (χ2n) is 4.81. The molecule has 0 fully saturated rings. The first kappa shape index (κ1) is 12.0. The van der Waals surface area contributed by atoms with E-state index >= 15 is 0 Å². The van der Waals surface area contributed by atoms with Gasteiger partial charge in [-0.15, -0.1) is 0 Å². The molecule has 5 heteroatoms. The molecule has 1 atom stereocenters. The summed E-state index contributed by atoms with van der Waals surface area (Å²) in [5, 5.41) is 7.33. The lowest BCUT2D eigenvalue weighted by Gasteiger charge is -2.24. The van der Waals surface area contributed by atoms with Gasteiger partial charge in [0, 0.05) is 5.56 Å². The van der Waals surface area contributed by atoms with Crippen molar-refractivity contribution in [3.8, 4) is 17.1 Å². The van der Waals surface area contributed by atoms with Crippen LogP contribution < -0.4 is 10.1 Å². The molecule has 104 valence electrons. The molecule has 0 spiro atoms. The van der Waals surface area contributed by atoms with Crippen molar-refractivity contribution >= 4 is 5.69 Å². The number of fused-ring (bicyclic) bond motifs is 1. The van der Waals surface area contributed by atoms with Gasteiger partial charge in [-0.1, -0.05) is 47.6 Å². The summed E-state index contributed by atoms with van der Waals surface area (Å²) in [5.41, 5.74) is 1.91. The molecule has 0 saturated heterocycles. The number of hydrogen-bond donors (Lipinski definition) is 1. The average Bonchev–Trinajstić information content (AvgIpc) is 3.05. The van der Waals surface area contributed by atoms with Crippen molar-refractivity contribution in [2.45, 2.75) is 6.10 Å². The van der Waals surface area contributed by atoms with E-state index in [9.17, 15) is 0 Å². The fourth-order valence-corrected chi connectivity index (χ4v) is 2.32. The molecule has 4 rings (SSSR count). The largest absolute Gasteiger partial charge is 0.477 e. The third-order valence-corrected chi connectivity index (χ3v) is 3.38. The zero-order valence-electron chi connectivity index (χ0n) is 11.2. The van der Waals surface area contributed by atoms with Crippen molar-refractivity contribution in [2.75, 3.05) is 11.9 Å². The monoisotopic (exact) mass is 279 g/mol. The molecule has 0 bridgehead atoms. The third-order valence-electron chi connectivity index (χ3n) is 3.38. The first-order chi connectivity index (χ1) is 10.4. The number of ether oxygens (including phenoxy) is 1. The number of rotatable bonds is 2. The van der Waals surface area contributed by atoms with E-state index in [1.54, 1.807) is 0 Å². The van der Waals surface area contributed by atoms with Crippen LogP contribution in [0.5, 0.6) is 5.75 Å². The molecular formula is C16H13N3O2. The highest BCUT2D eigenvalue weighted by Gasteiger charge is 2.26. The average molecular weight is 279 g/mol. The quantitative estimate of drug-likeness (QED) is 0.780. The van der Waals surface area contributed by atoms with E-state index in [1.807, 2.05) is 54.6 Å². The van der Waals surface area contributed by atoms with E-state index in [0.29, 0.717) is 18.3 Å². The Hall–Kier alpha value is -2.82. The Morgan fingerprint density at radius 1 is 1.00 bits per heavy atom. The highest BCUT2D eigenvalue weighted by Crippen LogP contribution is 2.33. The van der Waals surface area contributed by atoms with Crippen LogP contribution >= 0.6 is 0 Å². The van der Waals surface area contributed by atoms with Gasteiger partial charge < -0.3 is 14.6 Å². The van der Waals surface area contributed by atoms with Crippen molar-refractivity contribution in [1.29, 1.82) is 0 Å². The van der Waals surface area contributed by atoms with E-state index < -0.39 is 0 Å². The summed E-state index contributed by atoms with van der Waals surface area (Å²) >= 11 is 0. The second kappa shape index (κ2) is 4.94. The predicted molar refractivity (Wildman–Crippen MR) is 78.0 cm³/mol. The molecule has 1 aliphatic heterocycles. The summed E-state index contributed by atoms with van der Waals surface area (Å²) in [6.45, 7) is 0.605. The molecule has 2 aromatic carbocycles. The Kier molecular flexibility index (Phi) is 2.81. The summed E-state index contributed by atoms with van der Waals surface area (Å²) in [4.78, 5) is 4.43. The van der Waals surface area contributed by atoms with Crippen LogP contribution in [0, 0.1) is 0 Å². The van der Waals surface area contributed by atoms with Gasteiger partial charge in [0.2, 0.25) is 5.82 Å². The van der Waals surface area contributed by atoms with E-state index in [4.69, 9.17) is 9.26 Å². The maximum absolute atomic E-state index is 5.91. The smallest absolute Gasteiger partial charge is 0.269 e. The molecule has 1 aliphatic rings. The van der Waals surface area contributed by atoms with Crippen molar-refractivity contribution in [2.24, 2.45) is 0 Å². The first-order valence-corrected chi connectivity index (χ1v) is 6.79. The van der Waals surface area contributed by atoms with Crippen molar-refractivity contribution in [1.82, 2.24) is 10.1 Å². The van der Waals surface area contributed by atoms with Gasteiger partial charge in [-0.25, -0.2) is 0 Å². The zero-order valence-corrected chi connectivity index (χ0v) is 11.2. The van der Waals surface area contributed by atoms with E-state index in [1.165, 1.54) is 0 Å². The van der Waals surface area contributed by atoms with Crippen molar-refractivity contribution in [3.05, 3.63) is 60.5 Å². The van der Waals surface area contributed by atoms with Crippen LogP contribution in [0.3, 0.4) is 0 Å². The number of nitrogens with zero attached hydrogens (tertiary/aromatic N) is 2. The Morgan fingerprint density at radius 2 is 1.81 bits per heavy atom. The van der Waals surface area contributed by atoms with Crippen LogP contribution in [0.25, 0.3) is 11.4 Å². The molecular weight excluding hydrogens is 266 g/mol. The first-order valence-electron chi connectivity index (χ1n) is 6.79. The van der Waals surface area contributed by atoms with Gasteiger partial charge in [-0.2, -0.15) is 4.98 Å². The Labute approximate surface area is 121 Å². The normalized spacial score (nSPS) is 16.7. The maximum Gasteiger partial charge on any atom is 0.269 e. The van der Waals surface area contributed by atoms with Gasteiger partial charge in [0.15, 0.2) is 6.10 Å². The number of hydrogen-bond acceptors (Lipinski definition) is 5. The molecule has 1 unspecified atom stereocenters. The number of para-hydroxylation sites is 2. The SMILES string of the molecule is c1ccc(-c2noc(C3CNc4ccccc4O3)n2)cc1. The number of nitrogens with one attached hydrogen (secondary N) is 1. The molecule has 1 aromatic heterocycles. The van der Waals surface area contributed by atoms with Crippen LogP contribution in [-0.4, -0.2) is 16.7 Å². The Bertz CT molecular complexity index is 755. The lowest BCUT2D eigenvalue weighted by atomic mass is 10.2. The minimum atomic E-state index is -0.273. The van der Waals surface area contributed by atoms with Gasteiger partial charge in [-0.05, 0) is 12.1 Å². The Morgan fingerprint density at radius 3 is 2.71 bits per heavy atom. The van der Waals surface area contributed by atoms with Gasteiger partial charge in [0.1, 0.15) is 5.75 Å². The Balaban J connectivity index is 1.60. The maximum atomic E-state index is 5.91. The van der Waals surface area contributed by atoms with Crippen LogP contribution in [0.4, 0.5) is 5.69 Å². The standard InChI is InChI=1S/C16H13N3O2/c1-2-6-11(7-3-1)15-18-16(21-19-15)14-10-17-12-8-4-5-9-13(12)20-14/h1-9,14,17H,10H2. The number of anilines is 1. The molecule has 3 aromatic rings. The minimum absolute atomic E-state index is 0.273. The lowest BCUT2D eigenvalue weighted by Crippen LogP contribution is -2.23. The number of aromatic nitrogens is 2. The van der Waals surface area contributed by atoms with Crippen molar-refractivity contribution < 1.29 is 9.26 Å². The topological polar surface area (TPSA) is 60.2 Å². The van der Waals surface area contributed by atoms with E-state index in [-0.39, 0.29) is 6.10 Å². The highest BCUT2D eigenvalue weighted by molar-refractivity contribution is 5.58.